The SMILES string of the molecule is CC(C)N1CCC(CNC(=O)C2(C(N)=S)CCCC2)C1. The number of hydrogen-bond donors (Lipinski definition) is 2. The first kappa shape index (κ1) is 15.7. The van der Waals surface area contributed by atoms with Crippen LogP contribution in [0.2, 0.25) is 0 Å². The Labute approximate surface area is 127 Å². The van der Waals surface area contributed by atoms with Gasteiger partial charge < -0.3 is 16.0 Å². The van der Waals surface area contributed by atoms with Crippen molar-refractivity contribution in [3.05, 3.63) is 0 Å². The van der Waals surface area contributed by atoms with Crippen molar-refractivity contribution in [1.82, 2.24) is 10.2 Å². The zero-order valence-corrected chi connectivity index (χ0v) is 13.5. The molecule has 2 aliphatic rings. The second-order valence-electron chi connectivity index (χ2n) is 6.61. The lowest BCUT2D eigenvalue weighted by Gasteiger charge is -2.27. The predicted molar refractivity (Wildman–Crippen MR) is 85.5 cm³/mol. The van der Waals surface area contributed by atoms with Gasteiger partial charge in [0.1, 0.15) is 0 Å². The van der Waals surface area contributed by atoms with Gasteiger partial charge in [0.05, 0.1) is 10.4 Å². The molecule has 1 aliphatic heterocycles. The number of nitrogens with one attached hydrogen (secondary N) is 1. The minimum Gasteiger partial charge on any atom is -0.392 e. The predicted octanol–water partition coefficient (Wildman–Crippen LogP) is 1.68. The Hall–Kier alpha value is -0.680. The van der Waals surface area contributed by atoms with E-state index in [1.54, 1.807) is 0 Å². The maximum absolute atomic E-state index is 12.5. The molecule has 2 rings (SSSR count). The monoisotopic (exact) mass is 297 g/mol. The van der Waals surface area contributed by atoms with Crippen LogP contribution in [0, 0.1) is 11.3 Å². The van der Waals surface area contributed by atoms with Gasteiger partial charge in [-0.1, -0.05) is 25.1 Å². The van der Waals surface area contributed by atoms with Crippen molar-refractivity contribution >= 4 is 23.1 Å². The molecule has 20 heavy (non-hydrogen) atoms. The average Bonchev–Trinajstić information content (AvgIpc) is 3.05. The first-order valence-corrected chi connectivity index (χ1v) is 8.19. The van der Waals surface area contributed by atoms with E-state index in [1.165, 1.54) is 6.42 Å². The van der Waals surface area contributed by atoms with Gasteiger partial charge in [0.25, 0.3) is 0 Å². The molecule has 1 atom stereocenters. The Morgan fingerprint density at radius 2 is 2.10 bits per heavy atom. The van der Waals surface area contributed by atoms with E-state index in [0.717, 1.165) is 45.3 Å². The number of hydrogen-bond acceptors (Lipinski definition) is 3. The highest BCUT2D eigenvalue weighted by Gasteiger charge is 2.44. The van der Waals surface area contributed by atoms with Crippen LogP contribution in [0.4, 0.5) is 0 Å². The molecular weight excluding hydrogens is 270 g/mol. The summed E-state index contributed by atoms with van der Waals surface area (Å²) in [6.45, 7) is 7.42. The molecule has 2 fully saturated rings. The second kappa shape index (κ2) is 6.39. The van der Waals surface area contributed by atoms with Crippen LogP contribution in [0.5, 0.6) is 0 Å². The van der Waals surface area contributed by atoms with Crippen molar-refractivity contribution in [3.8, 4) is 0 Å². The van der Waals surface area contributed by atoms with E-state index in [0.29, 0.717) is 16.9 Å². The zero-order chi connectivity index (χ0) is 14.8. The fourth-order valence-corrected chi connectivity index (χ4v) is 3.77. The maximum atomic E-state index is 12.5. The summed E-state index contributed by atoms with van der Waals surface area (Å²) < 4.78 is 0. The summed E-state index contributed by atoms with van der Waals surface area (Å²) in [5.74, 6) is 0.622. The van der Waals surface area contributed by atoms with Crippen LogP contribution in [0.25, 0.3) is 0 Å². The van der Waals surface area contributed by atoms with E-state index < -0.39 is 5.41 Å². The van der Waals surface area contributed by atoms with Crippen molar-refractivity contribution in [2.24, 2.45) is 17.1 Å². The molecule has 1 heterocycles. The molecule has 0 aromatic carbocycles. The van der Waals surface area contributed by atoms with E-state index in [9.17, 15) is 4.79 Å². The third kappa shape index (κ3) is 3.14. The highest BCUT2D eigenvalue weighted by atomic mass is 32.1. The molecule has 1 amide bonds. The summed E-state index contributed by atoms with van der Waals surface area (Å²) in [5, 5.41) is 3.12. The molecule has 0 bridgehead atoms. The van der Waals surface area contributed by atoms with Gasteiger partial charge in [-0.15, -0.1) is 0 Å². The molecule has 4 nitrogen and oxygen atoms in total. The molecule has 1 aliphatic carbocycles. The number of rotatable bonds is 5. The van der Waals surface area contributed by atoms with Crippen molar-refractivity contribution < 1.29 is 4.79 Å². The molecular formula is C15H27N3OS. The third-order valence-corrected chi connectivity index (χ3v) is 5.35. The second-order valence-corrected chi connectivity index (χ2v) is 7.05. The minimum atomic E-state index is -0.564. The fourth-order valence-electron chi connectivity index (χ4n) is 3.47. The summed E-state index contributed by atoms with van der Waals surface area (Å²) >= 11 is 5.15. The fraction of sp³-hybridized carbons (Fsp3) is 0.867. The number of nitrogens with zero attached hydrogens (tertiary/aromatic N) is 1. The highest BCUT2D eigenvalue weighted by Crippen LogP contribution is 2.38. The van der Waals surface area contributed by atoms with Crippen molar-refractivity contribution in [1.29, 1.82) is 0 Å². The Kier molecular flexibility index (Phi) is 5.02. The third-order valence-electron chi connectivity index (χ3n) is 4.96. The van der Waals surface area contributed by atoms with Gasteiger partial charge in [-0.25, -0.2) is 0 Å². The van der Waals surface area contributed by atoms with Crippen LogP contribution >= 0.6 is 12.2 Å². The molecule has 1 saturated carbocycles. The van der Waals surface area contributed by atoms with Crippen LogP contribution in [-0.4, -0.2) is 41.5 Å². The van der Waals surface area contributed by atoms with E-state index in [2.05, 4.69) is 24.1 Å². The molecule has 0 aromatic heterocycles. The van der Waals surface area contributed by atoms with Crippen LogP contribution in [0.3, 0.4) is 0 Å². The molecule has 1 unspecified atom stereocenters. The first-order valence-electron chi connectivity index (χ1n) is 7.78. The quantitative estimate of drug-likeness (QED) is 0.758. The summed E-state index contributed by atoms with van der Waals surface area (Å²) in [5.41, 5.74) is 5.28. The average molecular weight is 297 g/mol. The van der Waals surface area contributed by atoms with E-state index in [-0.39, 0.29) is 5.91 Å². The summed E-state index contributed by atoms with van der Waals surface area (Å²) in [6, 6.07) is 0.591. The Morgan fingerprint density at radius 3 is 2.60 bits per heavy atom. The summed E-state index contributed by atoms with van der Waals surface area (Å²) in [6.07, 6.45) is 4.90. The number of thiocarbonyl (C=S) groups is 1. The number of carbonyl (C=O) groups excluding carboxylic acids is 1. The van der Waals surface area contributed by atoms with Gasteiger partial charge in [0.2, 0.25) is 5.91 Å². The zero-order valence-electron chi connectivity index (χ0n) is 12.7. The van der Waals surface area contributed by atoms with Gasteiger partial charge in [-0.2, -0.15) is 0 Å². The highest BCUT2D eigenvalue weighted by molar-refractivity contribution is 7.80. The van der Waals surface area contributed by atoms with Crippen molar-refractivity contribution in [2.75, 3.05) is 19.6 Å². The Morgan fingerprint density at radius 1 is 1.45 bits per heavy atom. The van der Waals surface area contributed by atoms with Crippen LogP contribution in [0.15, 0.2) is 0 Å². The van der Waals surface area contributed by atoms with E-state index in [1.807, 2.05) is 0 Å². The minimum absolute atomic E-state index is 0.0606. The maximum Gasteiger partial charge on any atom is 0.233 e. The summed E-state index contributed by atoms with van der Waals surface area (Å²) in [7, 11) is 0. The van der Waals surface area contributed by atoms with E-state index in [4.69, 9.17) is 18.0 Å². The standard InChI is InChI=1S/C15H27N3OS/c1-11(2)18-8-5-12(10-18)9-17-14(19)15(13(16)20)6-3-4-7-15/h11-12H,3-10H2,1-2H3,(H2,16,20)(H,17,19). The number of likely N-dealkylation sites (tertiary alicyclic amines) is 1. The van der Waals surface area contributed by atoms with Crippen LogP contribution < -0.4 is 11.1 Å². The molecule has 0 spiro atoms. The Balaban J connectivity index is 1.85. The largest absolute Gasteiger partial charge is 0.392 e. The van der Waals surface area contributed by atoms with Crippen molar-refractivity contribution in [3.63, 3.8) is 0 Å². The lowest BCUT2D eigenvalue weighted by Crippen LogP contribution is -2.48. The van der Waals surface area contributed by atoms with Gasteiger partial charge in [-0.3, -0.25) is 4.79 Å². The number of amides is 1. The molecule has 5 heteroatoms. The van der Waals surface area contributed by atoms with E-state index >= 15 is 0 Å². The van der Waals surface area contributed by atoms with Crippen LogP contribution in [0.1, 0.15) is 46.0 Å². The molecule has 0 radical (unpaired) electrons. The van der Waals surface area contributed by atoms with Gasteiger partial charge in [0, 0.05) is 19.1 Å². The molecule has 0 aromatic rings. The number of nitrogens with two attached hydrogens (primary N) is 1. The van der Waals surface area contributed by atoms with Crippen molar-refractivity contribution in [2.45, 2.75) is 52.0 Å². The van der Waals surface area contributed by atoms with Crippen LogP contribution in [-0.2, 0) is 4.79 Å². The lowest BCUT2D eigenvalue weighted by atomic mass is 9.85. The lowest BCUT2D eigenvalue weighted by molar-refractivity contribution is -0.127. The molecule has 1 saturated heterocycles. The summed E-state index contributed by atoms with van der Waals surface area (Å²) in [4.78, 5) is 15.3. The Bertz CT molecular complexity index is 377. The smallest absolute Gasteiger partial charge is 0.233 e. The molecule has 114 valence electrons. The first-order chi connectivity index (χ1) is 9.45. The number of carbonyl (C=O) groups is 1. The van der Waals surface area contributed by atoms with Gasteiger partial charge in [0.15, 0.2) is 0 Å². The molecule has 3 N–H and O–H groups in total. The van der Waals surface area contributed by atoms with Gasteiger partial charge in [-0.05, 0) is 45.6 Å². The normalized spacial score (nSPS) is 26.1. The van der Waals surface area contributed by atoms with Gasteiger partial charge >= 0.3 is 0 Å². The topological polar surface area (TPSA) is 58.4 Å².